The molecule has 78 valence electrons. The van der Waals surface area contributed by atoms with E-state index >= 15 is 0 Å². The molecule has 0 atom stereocenters. The Labute approximate surface area is 91.5 Å². The molecule has 1 heterocycles. The van der Waals surface area contributed by atoms with Gasteiger partial charge in [0.05, 0.1) is 0 Å². The topological polar surface area (TPSA) is 47.1 Å². The number of Topliss-reactive ketones (excluding diaryl/α,β-unsaturated/α-hetero) is 1. The second-order valence-electron chi connectivity index (χ2n) is 3.06. The van der Waals surface area contributed by atoms with Gasteiger partial charge in [-0.25, -0.2) is 0 Å². The fraction of sp³-hybridized carbons (Fsp3) is 0.0833. The fourth-order valence-electron chi connectivity index (χ4n) is 1.29. The molecular weight excluding hydrogens is 208 g/mol. The van der Waals surface area contributed by atoms with Gasteiger partial charge in [-0.2, -0.15) is 0 Å². The smallest absolute Gasteiger partial charge is 0.216 e. The summed E-state index contributed by atoms with van der Waals surface area (Å²) in [4.78, 5) is 11.7. The van der Waals surface area contributed by atoms with Crippen LogP contribution in [0.3, 0.4) is 0 Å². The van der Waals surface area contributed by atoms with E-state index in [1.54, 1.807) is 0 Å². The maximum Gasteiger partial charge on any atom is 0.216 e. The van der Waals surface area contributed by atoms with Crippen molar-refractivity contribution in [1.82, 2.24) is 0 Å². The molecule has 0 unspecified atom stereocenters. The number of rotatable bonds is 3. The van der Waals surface area contributed by atoms with Crippen LogP contribution in [0, 0.1) is 0 Å². The molecule has 2 nitrogen and oxygen atoms in total. The summed E-state index contributed by atoms with van der Waals surface area (Å²) in [5.41, 5.74) is 0.814. The Hall–Kier alpha value is -1.45. The van der Waals surface area contributed by atoms with E-state index < -0.39 is 0 Å². The zero-order chi connectivity index (χ0) is 9.80. The van der Waals surface area contributed by atoms with Crippen LogP contribution in [0.1, 0.15) is 10.4 Å². The van der Waals surface area contributed by atoms with Gasteiger partial charge in [0.1, 0.15) is 10.8 Å². The quantitative estimate of drug-likeness (QED) is 0.589. The molecular formula is C12H12O2S. The van der Waals surface area contributed by atoms with Gasteiger partial charge < -0.3 is 5.48 Å². The molecule has 2 rings (SSSR count). The van der Waals surface area contributed by atoms with E-state index in [9.17, 15) is 4.79 Å². The molecule has 0 aliphatic rings. The molecule has 0 fully saturated rings. The van der Waals surface area contributed by atoms with Gasteiger partial charge in [-0.3, -0.25) is 4.79 Å². The number of thiophene rings is 1. The monoisotopic (exact) mass is 220 g/mol. The molecule has 0 aliphatic carbocycles. The van der Waals surface area contributed by atoms with Crippen molar-refractivity contribution in [1.29, 1.82) is 0 Å². The highest BCUT2D eigenvalue weighted by Gasteiger charge is 2.11. The summed E-state index contributed by atoms with van der Waals surface area (Å²) in [5, 5.41) is 4.17. The maximum absolute atomic E-state index is 11.7. The lowest BCUT2D eigenvalue weighted by atomic mass is 10.2. The zero-order valence-electron chi connectivity index (χ0n) is 8.17. The van der Waals surface area contributed by atoms with E-state index in [1.165, 1.54) is 0 Å². The van der Waals surface area contributed by atoms with Crippen molar-refractivity contribution in [2.24, 2.45) is 0 Å². The van der Waals surface area contributed by atoms with Gasteiger partial charge in [-0.1, -0.05) is 30.3 Å². The van der Waals surface area contributed by atoms with Crippen molar-refractivity contribution in [3.8, 4) is 0 Å². The first-order valence-electron chi connectivity index (χ1n) is 4.48. The van der Waals surface area contributed by atoms with Crippen LogP contribution in [-0.4, -0.2) is 11.3 Å². The van der Waals surface area contributed by atoms with E-state index in [0.717, 1.165) is 5.56 Å². The average molecular weight is 220 g/mol. The number of hydrogen-bond donors (Lipinski definition) is 0. The summed E-state index contributed by atoms with van der Waals surface area (Å²) < 4.78 is 0. The van der Waals surface area contributed by atoms with E-state index in [-0.39, 0.29) is 21.7 Å². The van der Waals surface area contributed by atoms with Crippen LogP contribution in [-0.2, 0) is 5.75 Å². The summed E-state index contributed by atoms with van der Waals surface area (Å²) >= 11 is 0. The number of benzene rings is 1. The highest BCUT2D eigenvalue weighted by Crippen LogP contribution is 2.19. The van der Waals surface area contributed by atoms with Gasteiger partial charge in [0.25, 0.3) is 0 Å². The van der Waals surface area contributed by atoms with Crippen LogP contribution < -0.4 is 0 Å². The Kier molecular flexibility index (Phi) is 4.21. The van der Waals surface area contributed by atoms with Crippen LogP contribution in [0.5, 0.6) is 0 Å². The molecule has 0 saturated heterocycles. The molecule has 3 heteroatoms. The molecule has 2 aromatic rings. The summed E-state index contributed by atoms with van der Waals surface area (Å²) in [7, 11) is 0.0315. The Morgan fingerprint density at radius 2 is 1.60 bits per heavy atom. The molecule has 0 spiro atoms. The molecule has 0 radical (unpaired) electrons. The SMILES string of the molecule is O=C(C[s+]1cccc1)c1ccccc1.[OH-]. The summed E-state index contributed by atoms with van der Waals surface area (Å²) in [6, 6.07) is 13.5. The Morgan fingerprint density at radius 1 is 1.00 bits per heavy atom. The van der Waals surface area contributed by atoms with Crippen molar-refractivity contribution in [3.63, 3.8) is 0 Å². The Morgan fingerprint density at radius 3 is 2.20 bits per heavy atom. The Balaban J connectivity index is 0.00000112. The van der Waals surface area contributed by atoms with E-state index in [0.29, 0.717) is 5.75 Å². The summed E-state index contributed by atoms with van der Waals surface area (Å²) in [5.74, 6) is 0.835. The summed E-state index contributed by atoms with van der Waals surface area (Å²) in [6.07, 6.45) is 0. The number of ketones is 1. The van der Waals surface area contributed by atoms with E-state index in [2.05, 4.69) is 10.8 Å². The molecule has 0 bridgehead atoms. The summed E-state index contributed by atoms with van der Waals surface area (Å²) in [6.45, 7) is 0. The second-order valence-corrected chi connectivity index (χ2v) is 4.83. The third kappa shape index (κ3) is 3.01. The molecule has 15 heavy (non-hydrogen) atoms. The number of carbonyl (C=O) groups is 1. The van der Waals surface area contributed by atoms with Crippen LogP contribution in [0.15, 0.2) is 53.2 Å². The van der Waals surface area contributed by atoms with Crippen LogP contribution in [0.2, 0.25) is 0 Å². The molecule has 1 N–H and O–H groups in total. The average Bonchev–Trinajstić information content (AvgIpc) is 2.72. The van der Waals surface area contributed by atoms with Crippen molar-refractivity contribution in [3.05, 3.63) is 58.8 Å². The fourth-order valence-corrected chi connectivity index (χ4v) is 2.63. The minimum absolute atomic E-state index is 0. The third-order valence-corrected chi connectivity index (χ3v) is 3.62. The molecule has 1 aromatic heterocycles. The van der Waals surface area contributed by atoms with Gasteiger partial charge in [0.2, 0.25) is 5.78 Å². The minimum Gasteiger partial charge on any atom is -0.870 e. The predicted molar refractivity (Wildman–Crippen MR) is 61.6 cm³/mol. The number of hydrogen-bond acceptors (Lipinski definition) is 2. The lowest BCUT2D eigenvalue weighted by Crippen LogP contribution is -1.98. The predicted octanol–water partition coefficient (Wildman–Crippen LogP) is 3.14. The van der Waals surface area contributed by atoms with Gasteiger partial charge in [0.15, 0.2) is 5.75 Å². The van der Waals surface area contributed by atoms with Crippen molar-refractivity contribution >= 4 is 16.3 Å². The highest BCUT2D eigenvalue weighted by atomic mass is 32.2. The van der Waals surface area contributed by atoms with Crippen molar-refractivity contribution < 1.29 is 10.3 Å². The number of carbonyl (C=O) groups excluding carboxylic acids is 1. The molecule has 0 amide bonds. The first-order chi connectivity index (χ1) is 6.86. The third-order valence-electron chi connectivity index (χ3n) is 2.01. The zero-order valence-corrected chi connectivity index (χ0v) is 8.98. The van der Waals surface area contributed by atoms with Crippen LogP contribution >= 0.6 is 10.5 Å². The largest absolute Gasteiger partial charge is 0.870 e. The van der Waals surface area contributed by atoms with Gasteiger partial charge in [0, 0.05) is 5.56 Å². The normalized spacial score (nSPS) is 9.33. The first kappa shape index (κ1) is 11.6. The van der Waals surface area contributed by atoms with Gasteiger partial charge in [-0.15, -0.1) is 0 Å². The van der Waals surface area contributed by atoms with Crippen molar-refractivity contribution in [2.45, 2.75) is 5.75 Å². The van der Waals surface area contributed by atoms with Gasteiger partial charge >= 0.3 is 0 Å². The van der Waals surface area contributed by atoms with Crippen molar-refractivity contribution in [2.75, 3.05) is 0 Å². The second kappa shape index (κ2) is 5.44. The Bertz CT molecular complexity index is 406. The molecule has 0 saturated carbocycles. The lowest BCUT2D eigenvalue weighted by molar-refractivity contribution is 0.100. The minimum atomic E-state index is 0. The van der Waals surface area contributed by atoms with Gasteiger partial charge in [-0.05, 0) is 22.6 Å². The van der Waals surface area contributed by atoms with Crippen LogP contribution in [0.25, 0.3) is 0 Å². The van der Waals surface area contributed by atoms with E-state index in [1.807, 2.05) is 42.5 Å². The standard InChI is InChI=1S/C12H11OS.H2O/c13-12(10-14-8-4-5-9-14)11-6-2-1-3-7-11;/h1-9H,10H2;1H2/q+1;/p-1. The molecule has 0 aliphatic heterocycles. The first-order valence-corrected chi connectivity index (χ1v) is 6.00. The maximum atomic E-state index is 11.7. The highest BCUT2D eigenvalue weighted by molar-refractivity contribution is 7.28. The van der Waals surface area contributed by atoms with Crippen LogP contribution in [0.4, 0.5) is 0 Å². The van der Waals surface area contributed by atoms with E-state index in [4.69, 9.17) is 0 Å². The lowest BCUT2D eigenvalue weighted by Gasteiger charge is -1.93. The molecule has 1 aromatic carbocycles.